The maximum absolute atomic E-state index is 2.25. The Kier molecular flexibility index (Phi) is 4.60. The molecule has 1 heterocycles. The van der Waals surface area contributed by atoms with Crippen LogP contribution in [0.3, 0.4) is 0 Å². The van der Waals surface area contributed by atoms with Crippen LogP contribution in [0.25, 0.3) is 0 Å². The lowest BCUT2D eigenvalue weighted by atomic mass is 10.8. The monoisotopic (exact) mass is 145 g/mol. The molecule has 0 amide bonds. The Balaban J connectivity index is 0.000000371. The Labute approximate surface area is 64.2 Å². The van der Waals surface area contributed by atoms with Crippen LogP contribution in [-0.4, -0.2) is 49.4 Å². The third-order valence-corrected chi connectivity index (χ3v) is 1.48. The molecule has 3 heteroatoms. The maximum atomic E-state index is 2.25. The van der Waals surface area contributed by atoms with Gasteiger partial charge in [0.2, 0.25) is 0 Å². The largest absolute Gasteiger partial charge is 0.278 e. The normalized spacial score (nSPS) is 22.5. The molecular weight excluding hydrogens is 126 g/mol. The van der Waals surface area contributed by atoms with E-state index < -0.39 is 0 Å². The van der Waals surface area contributed by atoms with Gasteiger partial charge in [0.05, 0.1) is 13.3 Å². The maximum Gasteiger partial charge on any atom is 0.0653 e. The zero-order valence-corrected chi connectivity index (χ0v) is 7.76. The first-order chi connectivity index (χ1) is 4.70. The van der Waals surface area contributed by atoms with Gasteiger partial charge in [-0.05, 0) is 7.05 Å². The van der Waals surface area contributed by atoms with E-state index in [4.69, 9.17) is 0 Å². The first-order valence-electron chi connectivity index (χ1n) is 3.81. The van der Waals surface area contributed by atoms with Gasteiger partial charge in [-0.3, -0.25) is 4.90 Å². The van der Waals surface area contributed by atoms with Crippen LogP contribution in [0.5, 0.6) is 0 Å². The fraction of sp³-hybridized carbons (Fsp3) is 1.00. The predicted molar refractivity (Wildman–Crippen MR) is 44.4 cm³/mol. The van der Waals surface area contributed by atoms with Crippen molar-refractivity contribution in [2.24, 2.45) is 0 Å². The SMILES string of the molecule is CC.CN1CN(C)N(C)C1. The molecule has 1 fully saturated rings. The van der Waals surface area contributed by atoms with Gasteiger partial charge in [-0.2, -0.15) is 0 Å². The molecule has 1 rings (SSSR count). The second-order valence-electron chi connectivity index (χ2n) is 2.45. The van der Waals surface area contributed by atoms with Gasteiger partial charge in [0.15, 0.2) is 0 Å². The minimum atomic E-state index is 1.05. The minimum absolute atomic E-state index is 1.05. The quantitative estimate of drug-likeness (QED) is 0.495. The van der Waals surface area contributed by atoms with Crippen molar-refractivity contribution in [3.63, 3.8) is 0 Å². The van der Waals surface area contributed by atoms with Crippen LogP contribution < -0.4 is 0 Å². The Bertz CT molecular complexity index is 74.9. The van der Waals surface area contributed by atoms with E-state index in [-0.39, 0.29) is 0 Å². The Morgan fingerprint density at radius 1 is 0.800 bits per heavy atom. The van der Waals surface area contributed by atoms with Crippen LogP contribution >= 0.6 is 0 Å². The van der Waals surface area contributed by atoms with Gasteiger partial charge in [0, 0.05) is 14.1 Å². The molecule has 1 saturated heterocycles. The number of hydrazine groups is 1. The number of nitrogens with zero attached hydrogens (tertiary/aromatic N) is 3. The summed E-state index contributed by atoms with van der Waals surface area (Å²) >= 11 is 0. The molecule has 1 aliphatic rings. The molecule has 1 aliphatic heterocycles. The van der Waals surface area contributed by atoms with Gasteiger partial charge < -0.3 is 0 Å². The van der Waals surface area contributed by atoms with Crippen LogP contribution in [0, 0.1) is 0 Å². The molecular formula is C7H19N3. The van der Waals surface area contributed by atoms with Crippen LogP contribution in [0.15, 0.2) is 0 Å². The molecule has 0 aromatic rings. The van der Waals surface area contributed by atoms with Crippen molar-refractivity contribution in [1.82, 2.24) is 14.9 Å². The van der Waals surface area contributed by atoms with E-state index in [0.29, 0.717) is 0 Å². The average molecular weight is 145 g/mol. The van der Waals surface area contributed by atoms with E-state index in [2.05, 4.69) is 36.1 Å². The zero-order chi connectivity index (χ0) is 8.15. The van der Waals surface area contributed by atoms with Gasteiger partial charge in [-0.1, -0.05) is 13.8 Å². The summed E-state index contributed by atoms with van der Waals surface area (Å²) in [7, 11) is 6.28. The Hall–Kier alpha value is -0.120. The predicted octanol–water partition coefficient (Wildman–Crippen LogP) is 0.652. The molecule has 10 heavy (non-hydrogen) atoms. The minimum Gasteiger partial charge on any atom is -0.278 e. The lowest BCUT2D eigenvalue weighted by molar-refractivity contribution is 0.0894. The van der Waals surface area contributed by atoms with E-state index in [1.54, 1.807) is 0 Å². The summed E-state index contributed by atoms with van der Waals surface area (Å²) in [4.78, 5) is 2.25. The number of hydrogen-bond donors (Lipinski definition) is 0. The van der Waals surface area contributed by atoms with Crippen LogP contribution in [-0.2, 0) is 0 Å². The molecule has 0 aliphatic carbocycles. The van der Waals surface area contributed by atoms with E-state index >= 15 is 0 Å². The fourth-order valence-corrected chi connectivity index (χ4v) is 0.959. The standard InChI is InChI=1S/C5H13N3.C2H6/c1-6-4-7(2)8(3)5-6;1-2/h4-5H2,1-3H3;1-2H3. The topological polar surface area (TPSA) is 9.72 Å². The van der Waals surface area contributed by atoms with E-state index in [9.17, 15) is 0 Å². The second kappa shape index (κ2) is 4.66. The summed E-state index contributed by atoms with van der Waals surface area (Å²) in [5.74, 6) is 0. The smallest absolute Gasteiger partial charge is 0.0653 e. The first-order valence-corrected chi connectivity index (χ1v) is 3.81. The third kappa shape index (κ3) is 2.64. The van der Waals surface area contributed by atoms with E-state index in [0.717, 1.165) is 13.3 Å². The van der Waals surface area contributed by atoms with Crippen molar-refractivity contribution in [3.8, 4) is 0 Å². The van der Waals surface area contributed by atoms with Crippen molar-refractivity contribution >= 4 is 0 Å². The summed E-state index contributed by atoms with van der Waals surface area (Å²) in [6.07, 6.45) is 0. The Morgan fingerprint density at radius 2 is 1.10 bits per heavy atom. The summed E-state index contributed by atoms with van der Waals surface area (Å²) in [6.45, 7) is 6.10. The zero-order valence-electron chi connectivity index (χ0n) is 7.76. The molecule has 0 N–H and O–H groups in total. The molecule has 0 aromatic heterocycles. The highest BCUT2D eigenvalue weighted by molar-refractivity contribution is 4.55. The highest BCUT2D eigenvalue weighted by atomic mass is 15.7. The second-order valence-corrected chi connectivity index (χ2v) is 2.45. The summed E-state index contributed by atoms with van der Waals surface area (Å²) in [5, 5.41) is 4.36. The van der Waals surface area contributed by atoms with E-state index in [1.165, 1.54) is 0 Å². The van der Waals surface area contributed by atoms with Crippen LogP contribution in [0.1, 0.15) is 13.8 Å². The molecule has 62 valence electrons. The summed E-state index contributed by atoms with van der Waals surface area (Å²) < 4.78 is 0. The van der Waals surface area contributed by atoms with Crippen LogP contribution in [0.4, 0.5) is 0 Å². The first kappa shape index (κ1) is 9.88. The Morgan fingerprint density at radius 3 is 1.20 bits per heavy atom. The highest BCUT2D eigenvalue weighted by Crippen LogP contribution is 2.01. The molecule has 0 spiro atoms. The molecule has 0 bridgehead atoms. The lowest BCUT2D eigenvalue weighted by Gasteiger charge is -2.15. The van der Waals surface area contributed by atoms with Crippen molar-refractivity contribution in [3.05, 3.63) is 0 Å². The van der Waals surface area contributed by atoms with Crippen molar-refractivity contribution in [2.75, 3.05) is 34.5 Å². The van der Waals surface area contributed by atoms with Gasteiger partial charge in [0.25, 0.3) is 0 Å². The number of rotatable bonds is 0. The highest BCUT2D eigenvalue weighted by Gasteiger charge is 2.16. The molecule has 0 unspecified atom stereocenters. The van der Waals surface area contributed by atoms with Gasteiger partial charge in [-0.15, -0.1) is 0 Å². The molecule has 0 aromatic carbocycles. The van der Waals surface area contributed by atoms with Crippen molar-refractivity contribution in [1.29, 1.82) is 0 Å². The summed E-state index contributed by atoms with van der Waals surface area (Å²) in [5.41, 5.74) is 0. The third-order valence-electron chi connectivity index (χ3n) is 1.48. The van der Waals surface area contributed by atoms with Gasteiger partial charge in [-0.25, -0.2) is 10.0 Å². The number of hydrogen-bond acceptors (Lipinski definition) is 3. The lowest BCUT2D eigenvalue weighted by Crippen LogP contribution is -2.28. The molecule has 0 atom stereocenters. The molecule has 3 nitrogen and oxygen atoms in total. The van der Waals surface area contributed by atoms with Gasteiger partial charge in [0.1, 0.15) is 0 Å². The van der Waals surface area contributed by atoms with Crippen molar-refractivity contribution < 1.29 is 0 Å². The van der Waals surface area contributed by atoms with Gasteiger partial charge >= 0.3 is 0 Å². The molecule has 0 saturated carbocycles. The van der Waals surface area contributed by atoms with Crippen molar-refractivity contribution in [2.45, 2.75) is 13.8 Å². The fourth-order valence-electron chi connectivity index (χ4n) is 0.959. The molecule has 0 radical (unpaired) electrons. The van der Waals surface area contributed by atoms with Crippen LogP contribution in [0.2, 0.25) is 0 Å². The average Bonchev–Trinajstić information content (AvgIpc) is 2.16. The summed E-state index contributed by atoms with van der Waals surface area (Å²) in [6, 6.07) is 0. The van der Waals surface area contributed by atoms with E-state index in [1.807, 2.05) is 13.8 Å².